The molecule has 2 rings (SSSR count). The van der Waals surface area contributed by atoms with Gasteiger partial charge in [-0.1, -0.05) is 35.3 Å². The molecular formula is C15H14Cl2N2O4S. The van der Waals surface area contributed by atoms with Crippen molar-refractivity contribution in [2.45, 2.75) is 11.3 Å². The summed E-state index contributed by atoms with van der Waals surface area (Å²) >= 11 is 12.0. The molecule has 0 fully saturated rings. The van der Waals surface area contributed by atoms with E-state index in [0.717, 1.165) is 11.8 Å². The molecule has 9 heteroatoms. The van der Waals surface area contributed by atoms with Gasteiger partial charge in [0, 0.05) is 24.9 Å². The monoisotopic (exact) mass is 388 g/mol. The van der Waals surface area contributed by atoms with Crippen LogP contribution in [0.5, 0.6) is 0 Å². The van der Waals surface area contributed by atoms with Gasteiger partial charge in [0.15, 0.2) is 9.84 Å². The Kier molecular flexibility index (Phi) is 5.69. The molecule has 2 aromatic rings. The molecule has 0 aliphatic rings. The number of anilines is 1. The fourth-order valence-corrected chi connectivity index (χ4v) is 3.31. The molecule has 24 heavy (non-hydrogen) atoms. The number of sulfone groups is 1. The molecule has 0 aromatic heterocycles. The van der Waals surface area contributed by atoms with E-state index >= 15 is 0 Å². The molecule has 0 heterocycles. The quantitative estimate of drug-likeness (QED) is 0.597. The predicted molar refractivity (Wildman–Crippen MR) is 94.9 cm³/mol. The van der Waals surface area contributed by atoms with Crippen LogP contribution in [0.2, 0.25) is 10.0 Å². The minimum Gasteiger partial charge on any atom is -0.382 e. The van der Waals surface area contributed by atoms with Crippen LogP contribution >= 0.6 is 23.2 Å². The number of hydrogen-bond donors (Lipinski definition) is 1. The van der Waals surface area contributed by atoms with Crippen LogP contribution in [0, 0.1) is 10.1 Å². The first-order chi connectivity index (χ1) is 11.2. The van der Waals surface area contributed by atoms with Crippen molar-refractivity contribution >= 4 is 44.4 Å². The smallest absolute Gasteiger partial charge is 0.272 e. The zero-order valence-electron chi connectivity index (χ0n) is 12.6. The standard InChI is InChI=1S/C15H14Cl2N2O4S/c1-24(22,23)12-4-2-10(3-5-12)6-7-18-15-13(16)8-11(19(20)21)9-14(15)17/h2-5,8-9,18H,6-7H2,1H3. The zero-order valence-corrected chi connectivity index (χ0v) is 15.0. The molecule has 1 N–H and O–H groups in total. The van der Waals surface area contributed by atoms with Crippen molar-refractivity contribution in [2.24, 2.45) is 0 Å². The molecule has 0 saturated heterocycles. The number of rotatable bonds is 6. The van der Waals surface area contributed by atoms with Crippen molar-refractivity contribution in [3.63, 3.8) is 0 Å². The van der Waals surface area contributed by atoms with Gasteiger partial charge in [0.2, 0.25) is 0 Å². The first kappa shape index (κ1) is 18.5. The molecule has 0 atom stereocenters. The van der Waals surface area contributed by atoms with Crippen LogP contribution < -0.4 is 5.32 Å². The van der Waals surface area contributed by atoms with E-state index in [4.69, 9.17) is 23.2 Å². The maximum Gasteiger partial charge on any atom is 0.272 e. The molecule has 0 amide bonds. The van der Waals surface area contributed by atoms with Crippen LogP contribution in [0.25, 0.3) is 0 Å². The van der Waals surface area contributed by atoms with E-state index in [2.05, 4.69) is 5.32 Å². The van der Waals surface area contributed by atoms with E-state index in [9.17, 15) is 18.5 Å². The minimum absolute atomic E-state index is 0.168. The summed E-state index contributed by atoms with van der Waals surface area (Å²) in [5.74, 6) is 0. The highest BCUT2D eigenvalue weighted by Gasteiger charge is 2.14. The second kappa shape index (κ2) is 7.38. The Balaban J connectivity index is 2.03. The largest absolute Gasteiger partial charge is 0.382 e. The number of benzene rings is 2. The molecule has 0 bridgehead atoms. The van der Waals surface area contributed by atoms with Crippen LogP contribution in [-0.4, -0.2) is 26.1 Å². The lowest BCUT2D eigenvalue weighted by molar-refractivity contribution is -0.384. The van der Waals surface area contributed by atoms with Crippen LogP contribution in [-0.2, 0) is 16.3 Å². The second-order valence-electron chi connectivity index (χ2n) is 5.13. The van der Waals surface area contributed by atoms with Crippen molar-refractivity contribution in [3.05, 3.63) is 62.1 Å². The van der Waals surface area contributed by atoms with Crippen molar-refractivity contribution in [2.75, 3.05) is 18.1 Å². The molecule has 0 aliphatic carbocycles. The Morgan fingerprint density at radius 2 is 1.67 bits per heavy atom. The number of nitro benzene ring substituents is 1. The van der Waals surface area contributed by atoms with Crippen molar-refractivity contribution in [3.8, 4) is 0 Å². The van der Waals surface area contributed by atoms with Gasteiger partial charge in [-0.3, -0.25) is 10.1 Å². The summed E-state index contributed by atoms with van der Waals surface area (Å²) in [7, 11) is -3.21. The van der Waals surface area contributed by atoms with E-state index < -0.39 is 14.8 Å². The van der Waals surface area contributed by atoms with Crippen molar-refractivity contribution in [1.29, 1.82) is 0 Å². The van der Waals surface area contributed by atoms with Gasteiger partial charge in [0.1, 0.15) is 0 Å². The summed E-state index contributed by atoms with van der Waals surface area (Å²) in [5.41, 5.74) is 1.19. The van der Waals surface area contributed by atoms with E-state index in [-0.39, 0.29) is 20.6 Å². The fourth-order valence-electron chi connectivity index (χ4n) is 2.07. The van der Waals surface area contributed by atoms with Gasteiger partial charge in [-0.25, -0.2) is 8.42 Å². The lowest BCUT2D eigenvalue weighted by Gasteiger charge is -2.10. The summed E-state index contributed by atoms with van der Waals surface area (Å²) < 4.78 is 22.8. The summed E-state index contributed by atoms with van der Waals surface area (Å²) in [6.45, 7) is 0.482. The average Bonchev–Trinajstić information content (AvgIpc) is 2.49. The topological polar surface area (TPSA) is 89.3 Å². The van der Waals surface area contributed by atoms with Crippen LogP contribution in [0.15, 0.2) is 41.3 Å². The molecule has 128 valence electrons. The number of nitro groups is 1. The van der Waals surface area contributed by atoms with E-state index in [1.807, 2.05) is 0 Å². The van der Waals surface area contributed by atoms with Crippen LogP contribution in [0.3, 0.4) is 0 Å². The van der Waals surface area contributed by atoms with E-state index in [1.54, 1.807) is 24.3 Å². The Labute approximate surface area is 149 Å². The maximum atomic E-state index is 11.4. The molecule has 0 spiro atoms. The highest BCUT2D eigenvalue weighted by Crippen LogP contribution is 2.34. The van der Waals surface area contributed by atoms with Gasteiger partial charge >= 0.3 is 0 Å². The number of non-ortho nitro benzene ring substituents is 1. The highest BCUT2D eigenvalue weighted by atomic mass is 35.5. The third kappa shape index (κ3) is 4.59. The summed E-state index contributed by atoms with van der Waals surface area (Å²) in [6, 6.07) is 9.04. The third-order valence-electron chi connectivity index (χ3n) is 3.30. The average molecular weight is 389 g/mol. The molecule has 0 unspecified atom stereocenters. The van der Waals surface area contributed by atoms with Gasteiger partial charge in [-0.05, 0) is 24.1 Å². The summed E-state index contributed by atoms with van der Waals surface area (Å²) in [5, 5.41) is 14.1. The van der Waals surface area contributed by atoms with Crippen LogP contribution in [0.1, 0.15) is 5.56 Å². The van der Waals surface area contributed by atoms with Crippen molar-refractivity contribution in [1.82, 2.24) is 0 Å². The lowest BCUT2D eigenvalue weighted by Crippen LogP contribution is -2.06. The Morgan fingerprint density at radius 3 is 2.12 bits per heavy atom. The fraction of sp³-hybridized carbons (Fsp3) is 0.200. The molecule has 6 nitrogen and oxygen atoms in total. The van der Waals surface area contributed by atoms with E-state index in [1.165, 1.54) is 12.1 Å². The molecular weight excluding hydrogens is 375 g/mol. The predicted octanol–water partition coefficient (Wildman–Crippen LogP) is 3.96. The van der Waals surface area contributed by atoms with Crippen LogP contribution in [0.4, 0.5) is 11.4 Å². The first-order valence-corrected chi connectivity index (χ1v) is 9.49. The zero-order chi connectivity index (χ0) is 17.9. The normalized spacial score (nSPS) is 11.3. The lowest BCUT2D eigenvalue weighted by atomic mass is 10.1. The second-order valence-corrected chi connectivity index (χ2v) is 7.96. The number of hydrogen-bond acceptors (Lipinski definition) is 5. The Hall–Kier alpha value is -1.83. The summed E-state index contributed by atoms with van der Waals surface area (Å²) in [6.07, 6.45) is 1.76. The minimum atomic E-state index is -3.21. The van der Waals surface area contributed by atoms with Gasteiger partial charge in [-0.15, -0.1) is 0 Å². The molecule has 0 saturated carbocycles. The molecule has 0 radical (unpaired) electrons. The molecule has 0 aliphatic heterocycles. The van der Waals surface area contributed by atoms with E-state index in [0.29, 0.717) is 18.7 Å². The first-order valence-electron chi connectivity index (χ1n) is 6.85. The highest BCUT2D eigenvalue weighted by molar-refractivity contribution is 7.90. The Bertz CT molecular complexity index is 845. The maximum absolute atomic E-state index is 11.4. The van der Waals surface area contributed by atoms with Crippen molar-refractivity contribution < 1.29 is 13.3 Å². The number of halogens is 2. The SMILES string of the molecule is CS(=O)(=O)c1ccc(CCNc2c(Cl)cc([N+](=O)[O-])cc2Cl)cc1. The van der Waals surface area contributed by atoms with Gasteiger partial charge in [-0.2, -0.15) is 0 Å². The molecule has 2 aromatic carbocycles. The van der Waals surface area contributed by atoms with Gasteiger partial charge in [0.05, 0.1) is 25.6 Å². The number of nitrogens with zero attached hydrogens (tertiary/aromatic N) is 1. The Morgan fingerprint density at radius 1 is 1.12 bits per heavy atom. The number of nitrogens with one attached hydrogen (secondary N) is 1. The van der Waals surface area contributed by atoms with Gasteiger partial charge in [0.25, 0.3) is 5.69 Å². The van der Waals surface area contributed by atoms with Gasteiger partial charge < -0.3 is 5.32 Å². The summed E-state index contributed by atoms with van der Waals surface area (Å²) in [4.78, 5) is 10.4. The third-order valence-corrected chi connectivity index (χ3v) is 5.03.